The highest BCUT2D eigenvalue weighted by atomic mass is 32.2. The maximum absolute atomic E-state index is 10.7. The molecule has 1 N–H and O–H groups in total. The van der Waals surface area contributed by atoms with Gasteiger partial charge in [-0.2, -0.15) is 0 Å². The van der Waals surface area contributed by atoms with Crippen LogP contribution in [0.4, 0.5) is 0 Å². The largest absolute Gasteiger partial charge is 0.352 e. The first-order valence-corrected chi connectivity index (χ1v) is 5.07. The molecule has 0 aromatic heterocycles. The normalized spacial score (nSPS) is 10.6. The Kier molecular flexibility index (Phi) is 3.81. The standard InChI is InChI=1S/C6H11NO3S/c1-3-4-7-6(8)5-11(2,9)10/h3H,1,4-5H2,2H3,(H,7,8). The van der Waals surface area contributed by atoms with Crippen molar-refractivity contribution < 1.29 is 13.2 Å². The third kappa shape index (κ3) is 7.05. The number of hydrogen-bond acceptors (Lipinski definition) is 3. The SMILES string of the molecule is C=CCNC(=O)CS(C)(=O)=O. The summed E-state index contributed by atoms with van der Waals surface area (Å²) in [7, 11) is -3.20. The number of hydrogen-bond donors (Lipinski definition) is 1. The molecule has 0 unspecified atom stereocenters. The van der Waals surface area contributed by atoms with Gasteiger partial charge in [0.15, 0.2) is 9.84 Å². The molecule has 0 aliphatic carbocycles. The van der Waals surface area contributed by atoms with Crippen molar-refractivity contribution in [3.05, 3.63) is 12.7 Å². The number of sulfone groups is 1. The second-order valence-corrected chi connectivity index (χ2v) is 4.30. The third-order valence-corrected chi connectivity index (χ3v) is 1.62. The van der Waals surface area contributed by atoms with Gasteiger partial charge in [-0.3, -0.25) is 4.79 Å². The van der Waals surface area contributed by atoms with E-state index in [9.17, 15) is 13.2 Å². The van der Waals surface area contributed by atoms with Crippen molar-refractivity contribution in [3.63, 3.8) is 0 Å². The first-order valence-electron chi connectivity index (χ1n) is 3.01. The number of nitrogens with one attached hydrogen (secondary N) is 1. The van der Waals surface area contributed by atoms with Crippen LogP contribution in [0.1, 0.15) is 0 Å². The summed E-state index contributed by atoms with van der Waals surface area (Å²) in [5, 5.41) is 2.35. The van der Waals surface area contributed by atoms with E-state index < -0.39 is 21.5 Å². The molecule has 5 heteroatoms. The van der Waals surface area contributed by atoms with Gasteiger partial charge in [-0.1, -0.05) is 6.08 Å². The molecule has 0 aliphatic rings. The molecule has 11 heavy (non-hydrogen) atoms. The molecule has 0 heterocycles. The summed E-state index contributed by atoms with van der Waals surface area (Å²) in [6.07, 6.45) is 2.50. The zero-order valence-corrected chi connectivity index (χ0v) is 7.15. The van der Waals surface area contributed by atoms with Crippen LogP contribution in [0.2, 0.25) is 0 Å². The van der Waals surface area contributed by atoms with E-state index in [-0.39, 0.29) is 0 Å². The van der Waals surface area contributed by atoms with Crippen LogP contribution in [0.15, 0.2) is 12.7 Å². The summed E-state index contributed by atoms with van der Waals surface area (Å²) in [5.41, 5.74) is 0. The Bertz CT molecular complexity index is 243. The van der Waals surface area contributed by atoms with Crippen LogP contribution in [0, 0.1) is 0 Å². The van der Waals surface area contributed by atoms with Crippen LogP contribution in [0.3, 0.4) is 0 Å². The van der Waals surface area contributed by atoms with Crippen molar-refractivity contribution in [1.82, 2.24) is 5.32 Å². The molecule has 0 fully saturated rings. The molecular weight excluding hydrogens is 166 g/mol. The zero-order valence-electron chi connectivity index (χ0n) is 6.33. The Morgan fingerprint density at radius 2 is 2.18 bits per heavy atom. The quantitative estimate of drug-likeness (QED) is 0.579. The Balaban J connectivity index is 3.80. The van der Waals surface area contributed by atoms with Crippen LogP contribution in [0.5, 0.6) is 0 Å². The number of rotatable bonds is 4. The lowest BCUT2D eigenvalue weighted by atomic mass is 10.6. The highest BCUT2D eigenvalue weighted by Gasteiger charge is 2.08. The minimum absolute atomic E-state index is 0.300. The minimum atomic E-state index is -3.20. The molecule has 0 aromatic carbocycles. The first kappa shape index (κ1) is 10.2. The molecule has 0 spiro atoms. The number of amides is 1. The number of carbonyl (C=O) groups is 1. The van der Waals surface area contributed by atoms with Gasteiger partial charge in [-0.05, 0) is 0 Å². The lowest BCUT2D eigenvalue weighted by Crippen LogP contribution is -2.29. The van der Waals surface area contributed by atoms with E-state index in [1.54, 1.807) is 0 Å². The molecule has 4 nitrogen and oxygen atoms in total. The molecule has 0 saturated heterocycles. The van der Waals surface area contributed by atoms with Gasteiger partial charge in [0.05, 0.1) is 0 Å². The van der Waals surface area contributed by atoms with Gasteiger partial charge < -0.3 is 5.32 Å². The van der Waals surface area contributed by atoms with E-state index in [1.807, 2.05) is 0 Å². The van der Waals surface area contributed by atoms with Crippen LogP contribution < -0.4 is 5.32 Å². The van der Waals surface area contributed by atoms with Crippen LogP contribution >= 0.6 is 0 Å². The molecule has 0 atom stereocenters. The minimum Gasteiger partial charge on any atom is -0.352 e. The van der Waals surface area contributed by atoms with Crippen LogP contribution in [-0.4, -0.2) is 32.9 Å². The maximum Gasteiger partial charge on any atom is 0.235 e. The third-order valence-electron chi connectivity index (χ3n) is 0.837. The van der Waals surface area contributed by atoms with E-state index in [2.05, 4.69) is 11.9 Å². The van der Waals surface area contributed by atoms with Crippen LogP contribution in [0.25, 0.3) is 0 Å². The zero-order chi connectivity index (χ0) is 8.91. The maximum atomic E-state index is 10.7. The second kappa shape index (κ2) is 4.12. The van der Waals surface area contributed by atoms with Gasteiger partial charge in [-0.25, -0.2) is 8.42 Å². The molecule has 1 amide bonds. The Morgan fingerprint density at radius 3 is 2.55 bits per heavy atom. The lowest BCUT2D eigenvalue weighted by Gasteiger charge is -1.98. The first-order chi connectivity index (χ1) is 4.95. The van der Waals surface area contributed by atoms with Crippen molar-refractivity contribution >= 4 is 15.7 Å². The smallest absolute Gasteiger partial charge is 0.235 e. The van der Waals surface area contributed by atoms with Gasteiger partial charge in [-0.15, -0.1) is 6.58 Å². The van der Waals surface area contributed by atoms with Crippen molar-refractivity contribution in [2.24, 2.45) is 0 Å². The summed E-state index contributed by atoms with van der Waals surface area (Å²) < 4.78 is 21.0. The van der Waals surface area contributed by atoms with E-state index in [4.69, 9.17) is 0 Å². The Morgan fingerprint density at radius 1 is 1.64 bits per heavy atom. The highest BCUT2D eigenvalue weighted by molar-refractivity contribution is 7.91. The summed E-state index contributed by atoms with van der Waals surface area (Å²) in [5.74, 6) is -0.951. The fraction of sp³-hybridized carbons (Fsp3) is 0.500. The van der Waals surface area contributed by atoms with Gasteiger partial charge in [0, 0.05) is 12.8 Å². The summed E-state index contributed by atoms with van der Waals surface area (Å²) in [6.45, 7) is 3.66. The molecule has 0 rings (SSSR count). The topological polar surface area (TPSA) is 63.2 Å². The Labute approximate surface area is 66.2 Å². The fourth-order valence-electron chi connectivity index (χ4n) is 0.475. The lowest BCUT2D eigenvalue weighted by molar-refractivity contribution is -0.118. The van der Waals surface area contributed by atoms with Gasteiger partial charge >= 0.3 is 0 Å². The predicted octanol–water partition coefficient (Wildman–Crippen LogP) is -0.667. The van der Waals surface area contributed by atoms with Crippen molar-refractivity contribution in [3.8, 4) is 0 Å². The van der Waals surface area contributed by atoms with E-state index in [0.717, 1.165) is 6.26 Å². The van der Waals surface area contributed by atoms with Gasteiger partial charge in [0.1, 0.15) is 5.75 Å². The monoisotopic (exact) mass is 177 g/mol. The predicted molar refractivity (Wildman–Crippen MR) is 42.9 cm³/mol. The summed E-state index contributed by atoms with van der Waals surface area (Å²) in [4.78, 5) is 10.7. The van der Waals surface area contributed by atoms with E-state index in [1.165, 1.54) is 6.08 Å². The molecule has 0 aliphatic heterocycles. The van der Waals surface area contributed by atoms with E-state index in [0.29, 0.717) is 6.54 Å². The Hall–Kier alpha value is -0.840. The highest BCUT2D eigenvalue weighted by Crippen LogP contribution is 1.81. The van der Waals surface area contributed by atoms with Gasteiger partial charge in [0.2, 0.25) is 5.91 Å². The average molecular weight is 177 g/mol. The van der Waals surface area contributed by atoms with Crippen molar-refractivity contribution in [1.29, 1.82) is 0 Å². The van der Waals surface area contributed by atoms with Crippen molar-refractivity contribution in [2.75, 3.05) is 18.6 Å². The average Bonchev–Trinajstić information content (AvgIpc) is 1.79. The van der Waals surface area contributed by atoms with Gasteiger partial charge in [0.25, 0.3) is 0 Å². The second-order valence-electron chi connectivity index (χ2n) is 2.16. The fourth-order valence-corrected chi connectivity index (χ4v) is 1.05. The molecule has 0 bridgehead atoms. The van der Waals surface area contributed by atoms with E-state index >= 15 is 0 Å². The molecule has 64 valence electrons. The summed E-state index contributed by atoms with van der Waals surface area (Å²) in [6, 6.07) is 0. The number of carbonyl (C=O) groups excluding carboxylic acids is 1. The summed E-state index contributed by atoms with van der Waals surface area (Å²) >= 11 is 0. The molecular formula is C6H11NO3S. The van der Waals surface area contributed by atoms with Crippen LogP contribution in [-0.2, 0) is 14.6 Å². The molecule has 0 radical (unpaired) electrons. The molecule has 0 aromatic rings. The molecule has 0 saturated carbocycles. The van der Waals surface area contributed by atoms with Crippen molar-refractivity contribution in [2.45, 2.75) is 0 Å².